The average molecular weight is 260 g/mol. The summed E-state index contributed by atoms with van der Waals surface area (Å²) in [7, 11) is -4.64. The van der Waals surface area contributed by atoms with Gasteiger partial charge in [-0.15, -0.1) is 0 Å². The molecule has 0 aliphatic carbocycles. The van der Waals surface area contributed by atoms with E-state index in [-0.39, 0.29) is 18.7 Å². The van der Waals surface area contributed by atoms with Gasteiger partial charge in [-0.3, -0.25) is 9.79 Å². The van der Waals surface area contributed by atoms with Crippen LogP contribution in [-0.2, 0) is 9.36 Å². The van der Waals surface area contributed by atoms with Crippen molar-refractivity contribution >= 4 is 19.9 Å². The zero-order valence-corrected chi connectivity index (χ0v) is 8.87. The summed E-state index contributed by atoms with van der Waals surface area (Å²) in [6.45, 7) is 0. The van der Waals surface area contributed by atoms with Crippen LogP contribution in [-0.4, -0.2) is 20.9 Å². The molecule has 0 aliphatic rings. The van der Waals surface area contributed by atoms with Gasteiger partial charge >= 0.3 is 13.8 Å². The largest absolute Gasteiger partial charge is 0.524 e. The van der Waals surface area contributed by atoms with Crippen molar-refractivity contribution in [1.82, 2.24) is 0 Å². The maximum atomic E-state index is 10.6. The van der Waals surface area contributed by atoms with Gasteiger partial charge in [0, 0.05) is 11.6 Å². The van der Waals surface area contributed by atoms with E-state index in [9.17, 15) is 9.36 Å². The fourth-order valence-electron chi connectivity index (χ4n) is 0.991. The molecule has 7 heteroatoms. The Bertz CT molecular complexity index is 462. The molecule has 0 aromatic heterocycles. The van der Waals surface area contributed by atoms with E-state index >= 15 is 0 Å². The number of hydrogen-bond acceptors (Lipinski definition) is 3. The lowest BCUT2D eigenvalue weighted by molar-refractivity contribution is -0.131. The Morgan fingerprint density at radius 2 is 1.88 bits per heavy atom. The van der Waals surface area contributed by atoms with E-state index < -0.39 is 13.8 Å². The molecule has 0 heterocycles. The van der Waals surface area contributed by atoms with Gasteiger partial charge in [-0.25, -0.2) is 9.36 Å². The first-order valence-corrected chi connectivity index (χ1v) is 5.67. The number of phosphoric ester groups is 1. The molecule has 17 heavy (non-hydrogen) atoms. The van der Waals surface area contributed by atoms with Gasteiger partial charge in [0.05, 0.1) is 0 Å². The van der Waals surface area contributed by atoms with Gasteiger partial charge in [-0.1, -0.05) is 25.6 Å². The van der Waals surface area contributed by atoms with Crippen LogP contribution in [0.5, 0.6) is 5.75 Å². The number of benzene rings is 1. The van der Waals surface area contributed by atoms with Gasteiger partial charge in [-0.05, 0) is 12.1 Å². The van der Waals surface area contributed by atoms with E-state index in [0.29, 0.717) is 0 Å². The third kappa shape index (κ3) is 5.87. The van der Waals surface area contributed by atoms with Crippen molar-refractivity contribution in [3.63, 3.8) is 0 Å². The Labute approximate surface area is 98.4 Å². The van der Waals surface area contributed by atoms with Gasteiger partial charge in [0.2, 0.25) is 0 Å². The summed E-state index contributed by atoms with van der Waals surface area (Å²) >= 11 is 0. The molecule has 0 aliphatic heterocycles. The van der Waals surface area contributed by atoms with Crippen LogP contribution in [0.3, 0.4) is 0 Å². The number of carbonyl (C=O) groups is 1. The number of carboxylic acids is 1. The minimum atomic E-state index is -4.64. The van der Waals surface area contributed by atoms with Crippen LogP contribution in [0.2, 0.25) is 0 Å². The number of aliphatic carboxylic acids is 1. The molecule has 1 aromatic carbocycles. The molecule has 1 aromatic rings. The molecule has 0 atom stereocenters. The van der Waals surface area contributed by atoms with E-state index in [1.54, 1.807) is 6.07 Å². The van der Waals surface area contributed by atoms with Crippen LogP contribution in [0.1, 0.15) is 13.0 Å². The average Bonchev–Trinajstić information content (AvgIpc) is 2.14. The third-order valence-corrected chi connectivity index (χ3v) is 1.98. The molecular formula is C10H13O6P. The van der Waals surface area contributed by atoms with E-state index in [2.05, 4.69) is 4.52 Å². The summed E-state index contributed by atoms with van der Waals surface area (Å²) in [5.74, 6) is -1.24. The van der Waals surface area contributed by atoms with E-state index in [1.807, 2.05) is 0 Å². The van der Waals surface area contributed by atoms with Crippen molar-refractivity contribution in [2.24, 2.45) is 0 Å². The molecule has 0 fully saturated rings. The maximum Gasteiger partial charge on any atom is 0.524 e. The van der Waals surface area contributed by atoms with Gasteiger partial charge in [0.25, 0.3) is 0 Å². The Balaban J connectivity index is 0.00000256. The Kier molecular flexibility index (Phi) is 5.61. The zero-order valence-electron chi connectivity index (χ0n) is 7.98. The highest BCUT2D eigenvalue weighted by Gasteiger charge is 2.17. The number of rotatable bonds is 4. The monoisotopic (exact) mass is 260 g/mol. The molecule has 0 bridgehead atoms. The molecule has 94 valence electrons. The Hall–Kier alpha value is -1.62. The molecule has 0 saturated heterocycles. The number of carboxylic acid groups (broad SMARTS) is 1. The first-order chi connectivity index (χ1) is 7.38. The SMILES string of the molecule is C.O=C(O)/C=C\c1ccccc1OP(=O)(O)O. The maximum absolute atomic E-state index is 10.6. The summed E-state index contributed by atoms with van der Waals surface area (Å²) in [6.07, 6.45) is 2.04. The van der Waals surface area contributed by atoms with Crippen LogP contribution >= 0.6 is 7.82 Å². The second kappa shape index (κ2) is 6.20. The summed E-state index contributed by atoms with van der Waals surface area (Å²) < 4.78 is 15.0. The molecule has 0 radical (unpaired) electrons. The highest BCUT2D eigenvalue weighted by atomic mass is 31.2. The molecule has 0 saturated carbocycles. The normalized spacial score (nSPS) is 10.9. The van der Waals surface area contributed by atoms with Crippen LogP contribution in [0.25, 0.3) is 6.08 Å². The van der Waals surface area contributed by atoms with Crippen LogP contribution in [0.15, 0.2) is 30.3 Å². The fourth-order valence-corrected chi connectivity index (χ4v) is 1.41. The molecule has 6 nitrogen and oxygen atoms in total. The van der Waals surface area contributed by atoms with Crippen LogP contribution < -0.4 is 4.52 Å². The molecular weight excluding hydrogens is 247 g/mol. The van der Waals surface area contributed by atoms with Crippen molar-refractivity contribution in [3.8, 4) is 5.75 Å². The standard InChI is InChI=1S/C9H9O6P.CH4/c10-9(11)6-5-7-3-1-2-4-8(7)15-16(12,13)14;/h1-6H,(H,10,11)(H2,12,13,14);1H4/b6-5-;. The van der Waals surface area contributed by atoms with E-state index in [4.69, 9.17) is 14.9 Å². The van der Waals surface area contributed by atoms with Crippen LogP contribution in [0, 0.1) is 0 Å². The van der Waals surface area contributed by atoms with Crippen molar-refractivity contribution in [1.29, 1.82) is 0 Å². The highest BCUT2D eigenvalue weighted by Crippen LogP contribution is 2.39. The van der Waals surface area contributed by atoms with Crippen molar-refractivity contribution in [2.75, 3.05) is 0 Å². The highest BCUT2D eigenvalue weighted by molar-refractivity contribution is 7.46. The summed E-state index contributed by atoms with van der Waals surface area (Å²) in [6, 6.07) is 5.92. The Morgan fingerprint density at radius 3 is 2.41 bits per heavy atom. The van der Waals surface area contributed by atoms with Crippen molar-refractivity contribution < 1.29 is 28.8 Å². The lowest BCUT2D eigenvalue weighted by Crippen LogP contribution is -1.93. The summed E-state index contributed by atoms with van der Waals surface area (Å²) in [5, 5.41) is 8.42. The van der Waals surface area contributed by atoms with E-state index in [0.717, 1.165) is 6.08 Å². The van der Waals surface area contributed by atoms with Gasteiger partial charge in [0.1, 0.15) is 5.75 Å². The first-order valence-electron chi connectivity index (χ1n) is 4.14. The Morgan fingerprint density at radius 1 is 1.29 bits per heavy atom. The quantitative estimate of drug-likeness (QED) is 0.564. The molecule has 0 spiro atoms. The minimum Gasteiger partial charge on any atom is -0.478 e. The first kappa shape index (κ1) is 15.4. The second-order valence-electron chi connectivity index (χ2n) is 2.79. The molecule has 1 rings (SSSR count). The molecule has 0 unspecified atom stereocenters. The van der Waals surface area contributed by atoms with Crippen molar-refractivity contribution in [2.45, 2.75) is 7.43 Å². The smallest absolute Gasteiger partial charge is 0.478 e. The lowest BCUT2D eigenvalue weighted by Gasteiger charge is -2.08. The predicted molar refractivity (Wildman–Crippen MR) is 62.5 cm³/mol. The van der Waals surface area contributed by atoms with E-state index in [1.165, 1.54) is 24.3 Å². The lowest BCUT2D eigenvalue weighted by atomic mass is 10.2. The zero-order chi connectivity index (χ0) is 12.2. The topological polar surface area (TPSA) is 104 Å². The summed E-state index contributed by atoms with van der Waals surface area (Å²) in [5.41, 5.74) is 0.272. The molecule has 0 amide bonds. The minimum absolute atomic E-state index is 0. The van der Waals surface area contributed by atoms with Gasteiger partial charge in [-0.2, -0.15) is 0 Å². The number of para-hydroxylation sites is 1. The van der Waals surface area contributed by atoms with Crippen LogP contribution in [0.4, 0.5) is 0 Å². The predicted octanol–water partition coefficient (Wildman–Crippen LogP) is 1.89. The van der Waals surface area contributed by atoms with Gasteiger partial charge < -0.3 is 9.63 Å². The molecule has 3 N–H and O–H groups in total. The fraction of sp³-hybridized carbons (Fsp3) is 0.100. The number of phosphoric acid groups is 1. The van der Waals surface area contributed by atoms with Gasteiger partial charge in [0.15, 0.2) is 0 Å². The van der Waals surface area contributed by atoms with Crippen molar-refractivity contribution in [3.05, 3.63) is 35.9 Å². The number of hydrogen-bond donors (Lipinski definition) is 3. The summed E-state index contributed by atoms with van der Waals surface area (Å²) in [4.78, 5) is 27.5. The third-order valence-electron chi connectivity index (χ3n) is 1.54. The second-order valence-corrected chi connectivity index (χ2v) is 3.95.